The first-order valence-electron chi connectivity index (χ1n) is 7.32. The Balaban J connectivity index is 2.21. The average molecular weight is 349 g/mol. The molecule has 0 saturated heterocycles. The minimum absolute atomic E-state index is 0.246. The molecule has 0 radical (unpaired) electrons. The van der Waals surface area contributed by atoms with Crippen LogP contribution < -0.4 is 5.43 Å². The van der Waals surface area contributed by atoms with Gasteiger partial charge >= 0.3 is 0 Å². The van der Waals surface area contributed by atoms with Crippen LogP contribution in [0, 0.1) is 13.8 Å². The highest BCUT2D eigenvalue weighted by atomic mass is 35.5. The second-order valence-corrected chi connectivity index (χ2v) is 6.12. The zero-order valence-corrected chi connectivity index (χ0v) is 14.8. The van der Waals surface area contributed by atoms with Crippen molar-refractivity contribution in [3.63, 3.8) is 0 Å². The number of nitrogens with one attached hydrogen (secondary N) is 1. The van der Waals surface area contributed by atoms with E-state index in [-0.39, 0.29) is 5.91 Å². The zero-order valence-electron chi connectivity index (χ0n) is 13.3. The summed E-state index contributed by atoms with van der Waals surface area (Å²) in [4.78, 5) is 12.2. The number of nitrogens with zero attached hydrogens (tertiary/aromatic N) is 1. The lowest BCUT2D eigenvalue weighted by Crippen LogP contribution is -2.20. The number of amides is 1. The van der Waals surface area contributed by atoms with Gasteiger partial charge in [0, 0.05) is 16.1 Å². The Bertz CT molecular complexity index is 770. The number of hydrogen-bond donors (Lipinski definition) is 1. The maximum absolute atomic E-state index is 12.2. The molecule has 0 aliphatic carbocycles. The number of hydrazone groups is 1. The van der Waals surface area contributed by atoms with E-state index >= 15 is 0 Å². The number of hydrogen-bond acceptors (Lipinski definition) is 2. The zero-order chi connectivity index (χ0) is 17.0. The predicted octanol–water partition coefficient (Wildman–Crippen LogP) is 5.15. The van der Waals surface area contributed by atoms with Gasteiger partial charge in [0.1, 0.15) is 0 Å². The molecule has 120 valence electrons. The van der Waals surface area contributed by atoms with Gasteiger partial charge in [-0.1, -0.05) is 42.3 Å². The summed E-state index contributed by atoms with van der Waals surface area (Å²) < 4.78 is 0. The van der Waals surface area contributed by atoms with Crippen molar-refractivity contribution in [3.8, 4) is 0 Å². The first kappa shape index (κ1) is 17.5. The Morgan fingerprint density at radius 1 is 1.09 bits per heavy atom. The van der Waals surface area contributed by atoms with Crippen molar-refractivity contribution in [1.29, 1.82) is 0 Å². The monoisotopic (exact) mass is 348 g/mol. The quantitative estimate of drug-likeness (QED) is 0.602. The molecule has 0 fully saturated rings. The van der Waals surface area contributed by atoms with E-state index in [1.807, 2.05) is 32.9 Å². The van der Waals surface area contributed by atoms with E-state index in [9.17, 15) is 4.79 Å². The fraction of sp³-hybridized carbons (Fsp3) is 0.222. The molecule has 0 saturated carbocycles. The van der Waals surface area contributed by atoms with Gasteiger partial charge in [-0.2, -0.15) is 5.10 Å². The highest BCUT2D eigenvalue weighted by Gasteiger charge is 2.10. The lowest BCUT2D eigenvalue weighted by Gasteiger charge is -2.08. The van der Waals surface area contributed by atoms with E-state index in [1.54, 1.807) is 24.3 Å². The fourth-order valence-corrected chi connectivity index (χ4v) is 2.64. The number of carbonyl (C=O) groups excluding carboxylic acids is 1. The molecule has 0 atom stereocenters. The van der Waals surface area contributed by atoms with Gasteiger partial charge in [-0.05, 0) is 55.7 Å². The molecule has 2 aromatic carbocycles. The molecule has 0 aliphatic heterocycles. The van der Waals surface area contributed by atoms with Crippen LogP contribution in [0.3, 0.4) is 0 Å². The Kier molecular flexibility index (Phi) is 5.80. The number of aryl methyl sites for hydroxylation is 2. The molecule has 1 amide bonds. The van der Waals surface area contributed by atoms with Crippen molar-refractivity contribution < 1.29 is 4.79 Å². The van der Waals surface area contributed by atoms with E-state index in [0.29, 0.717) is 27.7 Å². The molecule has 0 spiro atoms. The second-order valence-electron chi connectivity index (χ2n) is 5.28. The van der Waals surface area contributed by atoms with Gasteiger partial charge in [0.25, 0.3) is 5.91 Å². The Morgan fingerprint density at radius 2 is 1.83 bits per heavy atom. The SMILES string of the molecule is CCC(=NNC(=O)c1ccc(C)c(C)c1)c1ccc(Cl)cc1Cl. The first-order valence-corrected chi connectivity index (χ1v) is 8.07. The number of rotatable bonds is 4. The molecule has 0 bridgehead atoms. The largest absolute Gasteiger partial charge is 0.271 e. The van der Waals surface area contributed by atoms with E-state index < -0.39 is 0 Å². The van der Waals surface area contributed by atoms with Crippen LogP contribution in [0.25, 0.3) is 0 Å². The summed E-state index contributed by atoms with van der Waals surface area (Å²) in [6.45, 7) is 5.93. The highest BCUT2D eigenvalue weighted by molar-refractivity contribution is 6.37. The number of benzene rings is 2. The Labute approximate surface area is 146 Å². The van der Waals surface area contributed by atoms with Gasteiger partial charge in [-0.15, -0.1) is 0 Å². The van der Waals surface area contributed by atoms with Crippen molar-refractivity contribution in [2.45, 2.75) is 27.2 Å². The molecule has 0 aliphatic rings. The van der Waals surface area contributed by atoms with E-state index in [1.165, 1.54) is 0 Å². The van der Waals surface area contributed by atoms with Crippen molar-refractivity contribution in [2.24, 2.45) is 5.10 Å². The normalized spacial score (nSPS) is 11.4. The van der Waals surface area contributed by atoms with Gasteiger partial charge in [0.15, 0.2) is 0 Å². The minimum atomic E-state index is -0.246. The molecular weight excluding hydrogens is 331 g/mol. The third kappa shape index (κ3) is 4.34. The summed E-state index contributed by atoms with van der Waals surface area (Å²) in [5, 5.41) is 5.30. The average Bonchev–Trinajstić information content (AvgIpc) is 2.52. The summed E-state index contributed by atoms with van der Waals surface area (Å²) >= 11 is 12.1. The molecule has 0 aromatic heterocycles. The summed E-state index contributed by atoms with van der Waals surface area (Å²) in [6, 6.07) is 10.8. The minimum Gasteiger partial charge on any atom is -0.267 e. The molecule has 0 heterocycles. The topological polar surface area (TPSA) is 41.5 Å². The van der Waals surface area contributed by atoms with Crippen LogP contribution in [0.5, 0.6) is 0 Å². The third-order valence-electron chi connectivity index (χ3n) is 3.64. The lowest BCUT2D eigenvalue weighted by molar-refractivity contribution is 0.0954. The van der Waals surface area contributed by atoms with Gasteiger partial charge in [-0.3, -0.25) is 4.79 Å². The Hall–Kier alpha value is -1.84. The van der Waals surface area contributed by atoms with Crippen LogP contribution in [0.15, 0.2) is 41.5 Å². The number of halogens is 2. The standard InChI is InChI=1S/C18H18Cl2N2O/c1-4-17(15-8-7-14(19)10-16(15)20)21-22-18(23)13-6-5-11(2)12(3)9-13/h5-10H,4H2,1-3H3,(H,22,23). The molecule has 1 N–H and O–H groups in total. The van der Waals surface area contributed by atoms with Gasteiger partial charge < -0.3 is 0 Å². The van der Waals surface area contributed by atoms with Crippen LogP contribution in [-0.2, 0) is 0 Å². The van der Waals surface area contributed by atoms with E-state index in [4.69, 9.17) is 23.2 Å². The molecule has 2 aromatic rings. The second kappa shape index (κ2) is 7.62. The summed E-state index contributed by atoms with van der Waals surface area (Å²) in [7, 11) is 0. The molecule has 23 heavy (non-hydrogen) atoms. The van der Waals surface area contributed by atoms with Crippen LogP contribution in [0.1, 0.15) is 40.4 Å². The van der Waals surface area contributed by atoms with Crippen LogP contribution in [-0.4, -0.2) is 11.6 Å². The number of carbonyl (C=O) groups is 1. The fourth-order valence-electron chi connectivity index (χ4n) is 2.12. The van der Waals surface area contributed by atoms with Gasteiger partial charge in [0.05, 0.1) is 10.7 Å². The van der Waals surface area contributed by atoms with E-state index in [2.05, 4.69) is 10.5 Å². The van der Waals surface area contributed by atoms with Crippen molar-refractivity contribution in [1.82, 2.24) is 5.43 Å². The maximum atomic E-state index is 12.2. The third-order valence-corrected chi connectivity index (χ3v) is 4.19. The molecule has 2 rings (SSSR count). The van der Waals surface area contributed by atoms with Crippen molar-refractivity contribution in [3.05, 3.63) is 68.7 Å². The van der Waals surface area contributed by atoms with Gasteiger partial charge in [-0.25, -0.2) is 5.43 Å². The summed E-state index contributed by atoms with van der Waals surface area (Å²) in [6.07, 6.45) is 0.633. The van der Waals surface area contributed by atoms with Crippen molar-refractivity contribution in [2.75, 3.05) is 0 Å². The summed E-state index contributed by atoms with van der Waals surface area (Å²) in [5.74, 6) is -0.246. The van der Waals surface area contributed by atoms with Crippen molar-refractivity contribution >= 4 is 34.8 Å². The highest BCUT2D eigenvalue weighted by Crippen LogP contribution is 2.22. The van der Waals surface area contributed by atoms with Crippen LogP contribution >= 0.6 is 23.2 Å². The smallest absolute Gasteiger partial charge is 0.267 e. The maximum Gasteiger partial charge on any atom is 0.271 e. The molecular formula is C18H18Cl2N2O. The Morgan fingerprint density at radius 3 is 2.43 bits per heavy atom. The molecule has 5 heteroatoms. The van der Waals surface area contributed by atoms with Crippen LogP contribution in [0.4, 0.5) is 0 Å². The summed E-state index contributed by atoms with van der Waals surface area (Å²) in [5.41, 5.74) is 6.85. The van der Waals surface area contributed by atoms with Crippen LogP contribution in [0.2, 0.25) is 10.0 Å². The first-order chi connectivity index (χ1) is 10.9. The molecule has 0 unspecified atom stereocenters. The molecule has 3 nitrogen and oxygen atoms in total. The van der Waals surface area contributed by atoms with E-state index in [0.717, 1.165) is 16.7 Å². The lowest BCUT2D eigenvalue weighted by atomic mass is 10.1. The predicted molar refractivity (Wildman–Crippen MR) is 96.7 cm³/mol. The van der Waals surface area contributed by atoms with Gasteiger partial charge in [0.2, 0.25) is 0 Å².